The number of amides is 1. The molecule has 8 heteroatoms. The van der Waals surface area contributed by atoms with Crippen molar-refractivity contribution in [3.05, 3.63) is 83.1 Å². The second-order valence-corrected chi connectivity index (χ2v) is 8.61. The van der Waals surface area contributed by atoms with Gasteiger partial charge in [-0.15, -0.1) is 0 Å². The Bertz CT molecular complexity index is 1430. The summed E-state index contributed by atoms with van der Waals surface area (Å²) in [5, 5.41) is 13.2. The number of nitrogens with two attached hydrogens (primary N) is 1. The average Bonchev–Trinajstić information content (AvgIpc) is 3.31. The number of furan rings is 1. The van der Waals surface area contributed by atoms with Gasteiger partial charge < -0.3 is 30.0 Å². The molecule has 0 radical (unpaired) electrons. The Morgan fingerprint density at radius 2 is 1.89 bits per heavy atom. The Morgan fingerprint density at radius 1 is 1.05 bits per heavy atom. The standard InChI is InChI=1S/C29H30N2O6/c1-3-35-28(34)13-22-7-8-24(31-18(2)33)14-27(22)36-17-20-10-23-12-25(16-32)37-29(23)26(11-20)21-6-4-5-19(9-21)15-30/h4-12,14,32H,3,13,15-17,30H2,1-2H3,(H,31,33). The summed E-state index contributed by atoms with van der Waals surface area (Å²) in [5.74, 6) is 0.356. The monoisotopic (exact) mass is 502 g/mol. The van der Waals surface area contributed by atoms with Gasteiger partial charge >= 0.3 is 5.97 Å². The first-order valence-electron chi connectivity index (χ1n) is 12.0. The van der Waals surface area contributed by atoms with Crippen molar-refractivity contribution in [1.82, 2.24) is 0 Å². The molecule has 4 N–H and O–H groups in total. The lowest BCUT2D eigenvalue weighted by molar-refractivity contribution is -0.142. The number of carbonyl (C=O) groups excluding carboxylic acids is 2. The largest absolute Gasteiger partial charge is 0.489 e. The van der Waals surface area contributed by atoms with Crippen LogP contribution in [-0.4, -0.2) is 23.6 Å². The molecule has 3 aromatic carbocycles. The lowest BCUT2D eigenvalue weighted by Crippen LogP contribution is -2.10. The van der Waals surface area contributed by atoms with Crippen LogP contribution >= 0.6 is 0 Å². The molecule has 0 atom stereocenters. The Labute approximate surface area is 215 Å². The third-order valence-electron chi connectivity index (χ3n) is 5.78. The van der Waals surface area contributed by atoms with E-state index in [0.717, 1.165) is 27.6 Å². The Hall–Kier alpha value is -4.14. The number of fused-ring (bicyclic) bond motifs is 1. The van der Waals surface area contributed by atoms with Crippen LogP contribution < -0.4 is 15.8 Å². The van der Waals surface area contributed by atoms with Crippen molar-refractivity contribution in [2.75, 3.05) is 11.9 Å². The van der Waals surface area contributed by atoms with Gasteiger partial charge in [0.15, 0.2) is 0 Å². The van der Waals surface area contributed by atoms with Crippen LogP contribution in [0.4, 0.5) is 5.69 Å². The summed E-state index contributed by atoms with van der Waals surface area (Å²) in [6.07, 6.45) is 0.0429. The first-order valence-corrected chi connectivity index (χ1v) is 12.0. The SMILES string of the molecule is CCOC(=O)Cc1ccc(NC(C)=O)cc1OCc1cc(-c2cccc(CN)c2)c2oc(CO)cc2c1. The van der Waals surface area contributed by atoms with Gasteiger partial charge in [-0.2, -0.15) is 0 Å². The maximum atomic E-state index is 12.1. The molecular weight excluding hydrogens is 472 g/mol. The number of esters is 1. The number of aliphatic hydroxyl groups is 1. The van der Waals surface area contributed by atoms with E-state index in [2.05, 4.69) is 5.32 Å². The highest BCUT2D eigenvalue weighted by Crippen LogP contribution is 2.34. The van der Waals surface area contributed by atoms with Crippen molar-refractivity contribution in [2.24, 2.45) is 5.73 Å². The van der Waals surface area contributed by atoms with Crippen molar-refractivity contribution in [3.63, 3.8) is 0 Å². The second kappa shape index (κ2) is 11.7. The van der Waals surface area contributed by atoms with Gasteiger partial charge in [0.25, 0.3) is 0 Å². The molecule has 0 aliphatic heterocycles. The molecule has 0 unspecified atom stereocenters. The normalized spacial score (nSPS) is 10.9. The molecule has 0 aliphatic rings. The Kier molecular flexibility index (Phi) is 8.22. The van der Waals surface area contributed by atoms with Crippen LogP contribution in [0, 0.1) is 0 Å². The van der Waals surface area contributed by atoms with Crippen LogP contribution in [0.15, 0.2) is 65.1 Å². The minimum Gasteiger partial charge on any atom is -0.489 e. The van der Waals surface area contributed by atoms with Gasteiger partial charge in [0.2, 0.25) is 5.91 Å². The zero-order chi connectivity index (χ0) is 26.4. The van der Waals surface area contributed by atoms with Crippen molar-refractivity contribution in [1.29, 1.82) is 0 Å². The topological polar surface area (TPSA) is 124 Å². The van der Waals surface area contributed by atoms with E-state index in [0.29, 0.717) is 34.9 Å². The lowest BCUT2D eigenvalue weighted by Gasteiger charge is -2.14. The number of aliphatic hydroxyl groups excluding tert-OH is 1. The van der Waals surface area contributed by atoms with Gasteiger partial charge in [-0.1, -0.05) is 24.3 Å². The molecule has 0 spiro atoms. The maximum absolute atomic E-state index is 12.1. The van der Waals surface area contributed by atoms with E-state index in [1.54, 1.807) is 31.2 Å². The summed E-state index contributed by atoms with van der Waals surface area (Å²) in [4.78, 5) is 23.7. The molecule has 0 fully saturated rings. The highest BCUT2D eigenvalue weighted by Gasteiger charge is 2.15. The fourth-order valence-corrected chi connectivity index (χ4v) is 4.15. The molecule has 0 bridgehead atoms. The van der Waals surface area contributed by atoms with E-state index in [4.69, 9.17) is 19.6 Å². The van der Waals surface area contributed by atoms with Gasteiger partial charge in [-0.25, -0.2) is 0 Å². The van der Waals surface area contributed by atoms with Crippen LogP contribution in [0.3, 0.4) is 0 Å². The number of hydrogen-bond acceptors (Lipinski definition) is 7. The van der Waals surface area contributed by atoms with Gasteiger partial charge in [-0.3, -0.25) is 9.59 Å². The van der Waals surface area contributed by atoms with E-state index in [1.807, 2.05) is 36.4 Å². The van der Waals surface area contributed by atoms with E-state index in [1.165, 1.54) is 6.92 Å². The molecule has 8 nitrogen and oxygen atoms in total. The van der Waals surface area contributed by atoms with Crippen LogP contribution in [0.5, 0.6) is 5.75 Å². The molecule has 0 saturated carbocycles. The molecule has 1 aromatic heterocycles. The fraction of sp³-hybridized carbons (Fsp3) is 0.241. The fourth-order valence-electron chi connectivity index (χ4n) is 4.15. The summed E-state index contributed by atoms with van der Waals surface area (Å²) >= 11 is 0. The average molecular weight is 503 g/mol. The number of ether oxygens (including phenoxy) is 2. The van der Waals surface area contributed by atoms with Crippen LogP contribution in [-0.2, 0) is 40.5 Å². The number of hydrogen-bond donors (Lipinski definition) is 3. The van der Waals surface area contributed by atoms with E-state index in [9.17, 15) is 14.7 Å². The van der Waals surface area contributed by atoms with Gasteiger partial charge in [0, 0.05) is 41.7 Å². The summed E-state index contributed by atoms with van der Waals surface area (Å²) in [7, 11) is 0. The number of rotatable bonds is 10. The highest BCUT2D eigenvalue weighted by molar-refractivity contribution is 5.94. The quantitative estimate of drug-likeness (QED) is 0.269. The Balaban J connectivity index is 1.70. The number of anilines is 1. The maximum Gasteiger partial charge on any atom is 0.310 e. The number of benzene rings is 3. The molecule has 4 aromatic rings. The minimum atomic E-state index is -0.363. The zero-order valence-corrected chi connectivity index (χ0v) is 20.9. The molecule has 37 heavy (non-hydrogen) atoms. The van der Waals surface area contributed by atoms with Crippen molar-refractivity contribution in [2.45, 2.75) is 40.0 Å². The van der Waals surface area contributed by atoms with Crippen LogP contribution in [0.25, 0.3) is 22.1 Å². The summed E-state index contributed by atoms with van der Waals surface area (Å²) in [6.45, 7) is 3.86. The predicted molar refractivity (Wildman–Crippen MR) is 141 cm³/mol. The molecule has 4 rings (SSSR count). The summed E-state index contributed by atoms with van der Waals surface area (Å²) in [6, 6.07) is 18.8. The molecule has 1 amide bonds. The Morgan fingerprint density at radius 3 is 2.62 bits per heavy atom. The van der Waals surface area contributed by atoms with E-state index < -0.39 is 0 Å². The number of carbonyl (C=O) groups is 2. The summed E-state index contributed by atoms with van der Waals surface area (Å²) in [5.41, 5.74) is 11.4. The van der Waals surface area contributed by atoms with Gasteiger partial charge in [-0.05, 0) is 53.9 Å². The second-order valence-electron chi connectivity index (χ2n) is 8.61. The summed E-state index contributed by atoms with van der Waals surface area (Å²) < 4.78 is 17.2. The van der Waals surface area contributed by atoms with Crippen LogP contribution in [0.2, 0.25) is 0 Å². The molecule has 192 valence electrons. The third-order valence-corrected chi connectivity index (χ3v) is 5.78. The van der Waals surface area contributed by atoms with Gasteiger partial charge in [0.05, 0.1) is 13.0 Å². The first-order chi connectivity index (χ1) is 17.9. The van der Waals surface area contributed by atoms with Crippen molar-refractivity contribution in [3.8, 4) is 16.9 Å². The molecular formula is C29H30N2O6. The number of nitrogens with one attached hydrogen (secondary N) is 1. The lowest BCUT2D eigenvalue weighted by atomic mass is 9.99. The third kappa shape index (κ3) is 6.35. The van der Waals surface area contributed by atoms with Gasteiger partial charge in [0.1, 0.15) is 30.3 Å². The van der Waals surface area contributed by atoms with Crippen molar-refractivity contribution < 1.29 is 28.6 Å². The smallest absolute Gasteiger partial charge is 0.310 e. The highest BCUT2D eigenvalue weighted by atomic mass is 16.5. The predicted octanol–water partition coefficient (Wildman–Crippen LogP) is 4.69. The minimum absolute atomic E-state index is 0.0429. The van der Waals surface area contributed by atoms with Crippen LogP contribution in [0.1, 0.15) is 36.3 Å². The molecule has 1 heterocycles. The molecule has 0 saturated heterocycles. The zero-order valence-electron chi connectivity index (χ0n) is 20.9. The first kappa shape index (κ1) is 25.9. The molecule has 0 aliphatic carbocycles. The van der Waals surface area contributed by atoms with E-state index >= 15 is 0 Å². The van der Waals surface area contributed by atoms with E-state index in [-0.39, 0.29) is 38.1 Å². The van der Waals surface area contributed by atoms with Crippen molar-refractivity contribution >= 4 is 28.5 Å².